The number of carbonyl (C=O) groups excluding carboxylic acids is 1. The Labute approximate surface area is 108 Å². The molecule has 0 bridgehead atoms. The summed E-state index contributed by atoms with van der Waals surface area (Å²) in [7, 11) is 0. The third kappa shape index (κ3) is 3.07. The van der Waals surface area contributed by atoms with Gasteiger partial charge in [-0.2, -0.15) is 0 Å². The van der Waals surface area contributed by atoms with Crippen LogP contribution >= 0.6 is 0 Å². The summed E-state index contributed by atoms with van der Waals surface area (Å²) < 4.78 is 5.27. The minimum Gasteiger partial charge on any atom is -0.381 e. The average Bonchev–Trinajstić information content (AvgIpc) is 2.40. The van der Waals surface area contributed by atoms with E-state index in [1.807, 2.05) is 26.0 Å². The minimum atomic E-state index is -0.385. The molecule has 2 rings (SSSR count). The van der Waals surface area contributed by atoms with E-state index in [1.54, 1.807) is 12.4 Å². The van der Waals surface area contributed by atoms with Crippen molar-refractivity contribution in [2.75, 3.05) is 13.2 Å². The summed E-state index contributed by atoms with van der Waals surface area (Å²) >= 11 is 0. The van der Waals surface area contributed by atoms with E-state index in [0.29, 0.717) is 13.2 Å². The quantitative estimate of drug-likeness (QED) is 0.888. The summed E-state index contributed by atoms with van der Waals surface area (Å²) in [6, 6.07) is 3.87. The Morgan fingerprint density at radius 1 is 1.44 bits per heavy atom. The first-order valence-corrected chi connectivity index (χ1v) is 6.40. The topological polar surface area (TPSA) is 51.2 Å². The van der Waals surface area contributed by atoms with Crippen LogP contribution in [0.5, 0.6) is 0 Å². The molecule has 18 heavy (non-hydrogen) atoms. The van der Waals surface area contributed by atoms with Gasteiger partial charge in [-0.05, 0) is 38.3 Å². The molecule has 2 heterocycles. The number of hydrogen-bond donors (Lipinski definition) is 1. The Hall–Kier alpha value is -1.42. The van der Waals surface area contributed by atoms with E-state index in [9.17, 15) is 4.79 Å². The maximum Gasteiger partial charge on any atom is 0.223 e. The lowest BCUT2D eigenvalue weighted by Crippen LogP contribution is -2.45. The third-order valence-corrected chi connectivity index (χ3v) is 3.41. The highest BCUT2D eigenvalue weighted by Gasteiger charge is 2.28. The summed E-state index contributed by atoms with van der Waals surface area (Å²) in [5, 5.41) is 3.11. The van der Waals surface area contributed by atoms with E-state index in [0.717, 1.165) is 18.4 Å². The monoisotopic (exact) mass is 248 g/mol. The molecule has 0 aliphatic carbocycles. The number of carbonyl (C=O) groups is 1. The number of amides is 1. The smallest absolute Gasteiger partial charge is 0.223 e. The molecule has 4 heteroatoms. The molecule has 0 aromatic carbocycles. The molecule has 1 N–H and O–H groups in total. The van der Waals surface area contributed by atoms with E-state index in [-0.39, 0.29) is 17.4 Å². The second-order valence-electron chi connectivity index (χ2n) is 5.24. The van der Waals surface area contributed by atoms with Crippen molar-refractivity contribution >= 4 is 5.91 Å². The molecule has 1 saturated heterocycles. The molecular weight excluding hydrogens is 228 g/mol. The number of nitrogens with one attached hydrogen (secondary N) is 1. The van der Waals surface area contributed by atoms with E-state index in [4.69, 9.17) is 4.74 Å². The zero-order valence-electron chi connectivity index (χ0n) is 11.0. The van der Waals surface area contributed by atoms with Gasteiger partial charge in [0.2, 0.25) is 5.91 Å². The van der Waals surface area contributed by atoms with Crippen LogP contribution in [-0.2, 0) is 15.1 Å². The molecule has 0 unspecified atom stereocenters. The molecule has 1 fully saturated rings. The fourth-order valence-electron chi connectivity index (χ4n) is 2.17. The van der Waals surface area contributed by atoms with Gasteiger partial charge in [0.1, 0.15) is 0 Å². The van der Waals surface area contributed by atoms with E-state index in [2.05, 4.69) is 10.3 Å². The predicted molar refractivity (Wildman–Crippen MR) is 68.9 cm³/mol. The summed E-state index contributed by atoms with van der Waals surface area (Å²) in [4.78, 5) is 16.3. The number of hydrogen-bond acceptors (Lipinski definition) is 3. The van der Waals surface area contributed by atoms with Gasteiger partial charge in [0.05, 0.1) is 5.54 Å². The van der Waals surface area contributed by atoms with Gasteiger partial charge in [-0.15, -0.1) is 0 Å². The lowest BCUT2D eigenvalue weighted by Gasteiger charge is -2.30. The Morgan fingerprint density at radius 2 is 2.17 bits per heavy atom. The van der Waals surface area contributed by atoms with Gasteiger partial charge >= 0.3 is 0 Å². The van der Waals surface area contributed by atoms with Gasteiger partial charge in [-0.1, -0.05) is 6.07 Å². The SMILES string of the molecule is CC(C)(NC(=O)C1CCOCC1)c1cccnc1. The molecule has 1 aliphatic rings. The van der Waals surface area contributed by atoms with Gasteiger partial charge in [0.15, 0.2) is 0 Å². The zero-order chi connectivity index (χ0) is 13.0. The Kier molecular flexibility index (Phi) is 3.97. The van der Waals surface area contributed by atoms with Crippen LogP contribution in [0, 0.1) is 5.92 Å². The minimum absolute atomic E-state index is 0.0784. The molecule has 0 radical (unpaired) electrons. The van der Waals surface area contributed by atoms with E-state index in [1.165, 1.54) is 0 Å². The van der Waals surface area contributed by atoms with E-state index >= 15 is 0 Å². The van der Waals surface area contributed by atoms with Crippen LogP contribution < -0.4 is 5.32 Å². The van der Waals surface area contributed by atoms with Gasteiger partial charge < -0.3 is 10.1 Å². The van der Waals surface area contributed by atoms with Crippen molar-refractivity contribution in [2.24, 2.45) is 5.92 Å². The van der Waals surface area contributed by atoms with Crippen molar-refractivity contribution in [1.29, 1.82) is 0 Å². The fourth-order valence-corrected chi connectivity index (χ4v) is 2.17. The molecule has 1 aliphatic heterocycles. The highest BCUT2D eigenvalue weighted by atomic mass is 16.5. The van der Waals surface area contributed by atoms with Gasteiger partial charge in [0, 0.05) is 31.5 Å². The molecule has 0 spiro atoms. The number of ether oxygens (including phenoxy) is 1. The van der Waals surface area contributed by atoms with Crippen LogP contribution in [0.15, 0.2) is 24.5 Å². The Bertz CT molecular complexity index is 398. The van der Waals surface area contributed by atoms with E-state index < -0.39 is 0 Å². The molecule has 0 atom stereocenters. The van der Waals surface area contributed by atoms with Gasteiger partial charge in [-0.25, -0.2) is 0 Å². The zero-order valence-corrected chi connectivity index (χ0v) is 11.0. The first-order chi connectivity index (χ1) is 8.59. The van der Waals surface area contributed by atoms with Crippen molar-refractivity contribution in [2.45, 2.75) is 32.2 Å². The number of pyridine rings is 1. The number of nitrogens with zero attached hydrogens (tertiary/aromatic N) is 1. The highest BCUT2D eigenvalue weighted by molar-refractivity contribution is 5.79. The molecule has 1 aromatic rings. The molecule has 1 aromatic heterocycles. The second-order valence-corrected chi connectivity index (χ2v) is 5.24. The standard InChI is InChI=1S/C14H20N2O2/c1-14(2,12-4-3-7-15-10-12)16-13(17)11-5-8-18-9-6-11/h3-4,7,10-11H,5-6,8-9H2,1-2H3,(H,16,17). The first-order valence-electron chi connectivity index (χ1n) is 6.40. The summed E-state index contributed by atoms with van der Waals surface area (Å²) in [5.41, 5.74) is 0.634. The molecular formula is C14H20N2O2. The van der Waals surface area contributed by atoms with Crippen molar-refractivity contribution in [1.82, 2.24) is 10.3 Å². The summed E-state index contributed by atoms with van der Waals surface area (Å²) in [6.07, 6.45) is 5.16. The summed E-state index contributed by atoms with van der Waals surface area (Å²) in [6.45, 7) is 5.37. The Balaban J connectivity index is 2.01. The van der Waals surface area contributed by atoms with Crippen LogP contribution in [0.2, 0.25) is 0 Å². The van der Waals surface area contributed by atoms with Crippen LogP contribution in [0.3, 0.4) is 0 Å². The number of aromatic nitrogens is 1. The van der Waals surface area contributed by atoms with Crippen LogP contribution in [-0.4, -0.2) is 24.1 Å². The van der Waals surface area contributed by atoms with Crippen LogP contribution in [0.1, 0.15) is 32.3 Å². The van der Waals surface area contributed by atoms with Crippen molar-refractivity contribution < 1.29 is 9.53 Å². The van der Waals surface area contributed by atoms with Crippen LogP contribution in [0.4, 0.5) is 0 Å². The lowest BCUT2D eigenvalue weighted by atomic mass is 9.93. The second kappa shape index (κ2) is 5.48. The average molecular weight is 248 g/mol. The molecule has 1 amide bonds. The van der Waals surface area contributed by atoms with Crippen molar-refractivity contribution in [3.05, 3.63) is 30.1 Å². The summed E-state index contributed by atoms with van der Waals surface area (Å²) in [5.74, 6) is 0.196. The third-order valence-electron chi connectivity index (χ3n) is 3.41. The molecule has 98 valence electrons. The van der Waals surface area contributed by atoms with Crippen LogP contribution in [0.25, 0.3) is 0 Å². The predicted octanol–water partition coefficient (Wildman–Crippen LogP) is 1.86. The number of rotatable bonds is 3. The van der Waals surface area contributed by atoms with Gasteiger partial charge in [-0.3, -0.25) is 9.78 Å². The van der Waals surface area contributed by atoms with Crippen molar-refractivity contribution in [3.63, 3.8) is 0 Å². The van der Waals surface area contributed by atoms with Gasteiger partial charge in [0.25, 0.3) is 0 Å². The molecule has 4 nitrogen and oxygen atoms in total. The normalized spacial score (nSPS) is 17.4. The molecule has 0 saturated carbocycles. The highest BCUT2D eigenvalue weighted by Crippen LogP contribution is 2.21. The lowest BCUT2D eigenvalue weighted by molar-refractivity contribution is -0.129. The maximum absolute atomic E-state index is 12.2. The maximum atomic E-state index is 12.2. The van der Waals surface area contributed by atoms with Crippen molar-refractivity contribution in [3.8, 4) is 0 Å². The first kappa shape index (κ1) is 13.0. The largest absolute Gasteiger partial charge is 0.381 e. The fraction of sp³-hybridized carbons (Fsp3) is 0.571. The Morgan fingerprint density at radius 3 is 2.78 bits per heavy atom.